The van der Waals surface area contributed by atoms with Crippen LogP contribution >= 0.6 is 0 Å². The lowest BCUT2D eigenvalue weighted by Gasteiger charge is -2.45. The Morgan fingerprint density at radius 2 is 2.26 bits per heavy atom. The van der Waals surface area contributed by atoms with Crippen molar-refractivity contribution < 1.29 is 9.53 Å². The number of nitrogens with zero attached hydrogens (tertiary/aromatic N) is 1. The number of aryl methyl sites for hydroxylation is 1. The van der Waals surface area contributed by atoms with Crippen LogP contribution in [0, 0.1) is 5.92 Å². The van der Waals surface area contributed by atoms with Gasteiger partial charge in [0.15, 0.2) is 0 Å². The number of nitrogens with two attached hydrogens (primary N) is 1. The summed E-state index contributed by atoms with van der Waals surface area (Å²) >= 11 is 0. The summed E-state index contributed by atoms with van der Waals surface area (Å²) in [5, 5.41) is 3.00. The van der Waals surface area contributed by atoms with E-state index in [1.165, 1.54) is 0 Å². The Kier molecular flexibility index (Phi) is 3.48. The molecule has 1 aromatic heterocycles. The Balaban J connectivity index is 1.47. The maximum Gasteiger partial charge on any atom is 0.220 e. The summed E-state index contributed by atoms with van der Waals surface area (Å²) in [5.41, 5.74) is 7.18. The molecule has 5 heteroatoms. The molecule has 0 bridgehead atoms. The van der Waals surface area contributed by atoms with Crippen LogP contribution in [0.3, 0.4) is 0 Å². The first-order valence-corrected chi connectivity index (χ1v) is 6.81. The highest BCUT2D eigenvalue weighted by Gasteiger charge is 2.52. The maximum absolute atomic E-state index is 11.9. The number of carbonyl (C=O) groups excluding carboxylic acids is 1. The van der Waals surface area contributed by atoms with Gasteiger partial charge in [-0.15, -0.1) is 0 Å². The summed E-state index contributed by atoms with van der Waals surface area (Å²) < 4.78 is 5.60. The van der Waals surface area contributed by atoms with Gasteiger partial charge in [-0.25, -0.2) is 0 Å². The quantitative estimate of drug-likeness (QED) is 0.814. The van der Waals surface area contributed by atoms with Crippen molar-refractivity contribution >= 4 is 5.91 Å². The zero-order valence-corrected chi connectivity index (χ0v) is 10.8. The molecule has 1 aromatic rings. The number of hydrogen-bond donors (Lipinski definition) is 2. The SMILES string of the molecule is NC1C2CCOC2C1NC(=O)CCc1ccncc1. The van der Waals surface area contributed by atoms with Crippen LogP contribution in [0.4, 0.5) is 0 Å². The van der Waals surface area contributed by atoms with Crippen molar-refractivity contribution in [3.8, 4) is 0 Å². The molecule has 1 saturated carbocycles. The van der Waals surface area contributed by atoms with Crippen LogP contribution in [0.5, 0.6) is 0 Å². The highest BCUT2D eigenvalue weighted by molar-refractivity contribution is 5.77. The third-order valence-corrected chi connectivity index (χ3v) is 4.16. The number of fused-ring (bicyclic) bond motifs is 1. The van der Waals surface area contributed by atoms with Crippen LogP contribution in [-0.4, -0.2) is 35.7 Å². The first kappa shape index (κ1) is 12.6. The van der Waals surface area contributed by atoms with Gasteiger partial charge in [0.1, 0.15) is 0 Å². The molecule has 102 valence electrons. The van der Waals surface area contributed by atoms with Crippen LogP contribution < -0.4 is 11.1 Å². The lowest BCUT2D eigenvalue weighted by molar-refractivity contribution is -0.125. The van der Waals surface area contributed by atoms with Crippen molar-refractivity contribution in [2.45, 2.75) is 37.5 Å². The zero-order valence-electron chi connectivity index (χ0n) is 10.8. The maximum atomic E-state index is 11.9. The normalized spacial score (nSPS) is 32.5. The molecule has 5 nitrogen and oxygen atoms in total. The van der Waals surface area contributed by atoms with E-state index >= 15 is 0 Å². The van der Waals surface area contributed by atoms with E-state index < -0.39 is 0 Å². The molecule has 2 heterocycles. The molecule has 0 spiro atoms. The van der Waals surface area contributed by atoms with E-state index in [0.717, 1.165) is 25.0 Å². The number of pyridine rings is 1. The second-order valence-corrected chi connectivity index (χ2v) is 5.31. The lowest BCUT2D eigenvalue weighted by atomic mass is 9.72. The fraction of sp³-hybridized carbons (Fsp3) is 0.571. The number of ether oxygens (including phenoxy) is 1. The van der Waals surface area contributed by atoms with E-state index in [0.29, 0.717) is 12.3 Å². The van der Waals surface area contributed by atoms with Crippen molar-refractivity contribution in [2.24, 2.45) is 11.7 Å². The number of hydrogen-bond acceptors (Lipinski definition) is 4. The van der Waals surface area contributed by atoms with E-state index in [1.54, 1.807) is 12.4 Å². The highest BCUT2D eigenvalue weighted by Crippen LogP contribution is 2.37. The minimum Gasteiger partial charge on any atom is -0.376 e. The van der Waals surface area contributed by atoms with Crippen LogP contribution in [0.15, 0.2) is 24.5 Å². The molecule has 3 N–H and O–H groups in total. The molecule has 19 heavy (non-hydrogen) atoms. The highest BCUT2D eigenvalue weighted by atomic mass is 16.5. The number of aromatic nitrogens is 1. The van der Waals surface area contributed by atoms with Crippen molar-refractivity contribution in [3.63, 3.8) is 0 Å². The molecule has 1 amide bonds. The smallest absolute Gasteiger partial charge is 0.220 e. The number of carbonyl (C=O) groups is 1. The lowest BCUT2D eigenvalue weighted by Crippen LogP contribution is -2.68. The van der Waals surface area contributed by atoms with Gasteiger partial charge in [-0.2, -0.15) is 0 Å². The summed E-state index contributed by atoms with van der Waals surface area (Å²) in [6, 6.07) is 3.91. The predicted molar refractivity (Wildman–Crippen MR) is 70.3 cm³/mol. The number of amides is 1. The van der Waals surface area contributed by atoms with Gasteiger partial charge < -0.3 is 15.8 Å². The molecule has 2 fully saturated rings. The molecule has 1 aliphatic heterocycles. The third-order valence-electron chi connectivity index (χ3n) is 4.16. The molecule has 4 atom stereocenters. The topological polar surface area (TPSA) is 77.2 Å². The van der Waals surface area contributed by atoms with Gasteiger partial charge in [0.2, 0.25) is 5.91 Å². The molecular formula is C14H19N3O2. The van der Waals surface area contributed by atoms with Crippen LogP contribution in [0.25, 0.3) is 0 Å². The zero-order chi connectivity index (χ0) is 13.2. The van der Waals surface area contributed by atoms with Gasteiger partial charge in [0, 0.05) is 37.4 Å². The van der Waals surface area contributed by atoms with Crippen LogP contribution in [-0.2, 0) is 16.0 Å². The average Bonchev–Trinajstić information content (AvgIpc) is 2.88. The van der Waals surface area contributed by atoms with Crippen molar-refractivity contribution in [3.05, 3.63) is 30.1 Å². The first-order chi connectivity index (χ1) is 9.25. The Labute approximate surface area is 112 Å². The van der Waals surface area contributed by atoms with Gasteiger partial charge >= 0.3 is 0 Å². The molecular weight excluding hydrogens is 242 g/mol. The monoisotopic (exact) mass is 261 g/mol. The number of rotatable bonds is 4. The molecule has 1 saturated heterocycles. The van der Waals surface area contributed by atoms with Gasteiger partial charge in [-0.1, -0.05) is 0 Å². The van der Waals surface area contributed by atoms with E-state index in [1.807, 2.05) is 12.1 Å². The first-order valence-electron chi connectivity index (χ1n) is 6.81. The van der Waals surface area contributed by atoms with Gasteiger partial charge in [-0.3, -0.25) is 9.78 Å². The second-order valence-electron chi connectivity index (χ2n) is 5.31. The summed E-state index contributed by atoms with van der Waals surface area (Å²) in [6.07, 6.45) is 5.85. The standard InChI is InChI=1S/C14H19N3O2/c15-12-10-5-8-19-14(10)13(12)17-11(18)2-1-9-3-6-16-7-4-9/h3-4,6-7,10,12-14H,1-2,5,8,15H2,(H,17,18). The third kappa shape index (κ3) is 2.48. The predicted octanol–water partition coefficient (Wildman–Crippen LogP) is 0.245. The Hall–Kier alpha value is -1.46. The number of nitrogens with one attached hydrogen (secondary N) is 1. The van der Waals surface area contributed by atoms with Gasteiger partial charge in [0.25, 0.3) is 0 Å². The molecule has 1 aliphatic carbocycles. The van der Waals surface area contributed by atoms with Gasteiger partial charge in [0.05, 0.1) is 12.1 Å². The Morgan fingerprint density at radius 3 is 3.05 bits per heavy atom. The molecule has 0 radical (unpaired) electrons. The summed E-state index contributed by atoms with van der Waals surface area (Å²) in [7, 11) is 0. The Morgan fingerprint density at radius 1 is 1.47 bits per heavy atom. The van der Waals surface area contributed by atoms with E-state index in [4.69, 9.17) is 10.5 Å². The van der Waals surface area contributed by atoms with E-state index in [-0.39, 0.29) is 24.1 Å². The molecule has 0 aromatic carbocycles. The van der Waals surface area contributed by atoms with Crippen molar-refractivity contribution in [1.82, 2.24) is 10.3 Å². The fourth-order valence-electron chi connectivity index (χ4n) is 2.99. The molecule has 4 unspecified atom stereocenters. The second kappa shape index (κ2) is 5.27. The molecule has 2 aliphatic rings. The van der Waals surface area contributed by atoms with Gasteiger partial charge in [-0.05, 0) is 30.5 Å². The van der Waals surface area contributed by atoms with Crippen molar-refractivity contribution in [2.75, 3.05) is 6.61 Å². The molecule has 3 rings (SSSR count). The van der Waals surface area contributed by atoms with E-state index in [9.17, 15) is 4.79 Å². The van der Waals surface area contributed by atoms with Crippen molar-refractivity contribution in [1.29, 1.82) is 0 Å². The average molecular weight is 261 g/mol. The van der Waals surface area contributed by atoms with Crippen LogP contribution in [0.2, 0.25) is 0 Å². The summed E-state index contributed by atoms with van der Waals surface area (Å²) in [5.74, 6) is 0.483. The van der Waals surface area contributed by atoms with Crippen LogP contribution in [0.1, 0.15) is 18.4 Å². The minimum absolute atomic E-state index is 0.00237. The largest absolute Gasteiger partial charge is 0.376 e. The fourth-order valence-corrected chi connectivity index (χ4v) is 2.99. The Bertz CT molecular complexity index is 451. The van der Waals surface area contributed by atoms with E-state index in [2.05, 4.69) is 10.3 Å². The summed E-state index contributed by atoms with van der Waals surface area (Å²) in [6.45, 7) is 0.770. The minimum atomic E-state index is -0.00237. The summed E-state index contributed by atoms with van der Waals surface area (Å²) in [4.78, 5) is 15.9.